The fourth-order valence-corrected chi connectivity index (χ4v) is 9.08. The summed E-state index contributed by atoms with van der Waals surface area (Å²) >= 11 is 0. The van der Waals surface area contributed by atoms with E-state index in [9.17, 15) is 0 Å². The molecule has 0 amide bonds. The lowest BCUT2D eigenvalue weighted by molar-refractivity contribution is 0.648. The van der Waals surface area contributed by atoms with E-state index in [-0.39, 0.29) is 12.0 Å². The molecule has 2 aromatic heterocycles. The summed E-state index contributed by atoms with van der Waals surface area (Å²) in [5, 5.41) is 5.47. The van der Waals surface area contributed by atoms with Gasteiger partial charge in [0.1, 0.15) is 11.2 Å². The number of nitrogens with zero attached hydrogens (tertiary/aromatic N) is 2. The molecule has 0 fully saturated rings. The number of anilines is 1. The smallest absolute Gasteiger partial charge is 0.135 e. The molecule has 2 aliphatic heterocycles. The van der Waals surface area contributed by atoms with Crippen molar-refractivity contribution >= 4 is 57.0 Å². The second kappa shape index (κ2) is 14.8. The van der Waals surface area contributed by atoms with E-state index in [1.165, 1.54) is 50.2 Å². The van der Waals surface area contributed by atoms with Gasteiger partial charge in [-0.25, -0.2) is 0 Å². The SMILES string of the molecule is C=C1/C=C\C=C/C2C=CC=CC2N1c1cccc(C2=CCCC(c3cccc(-c4ccc5oc6ccc(-n7c(C)c(/C=C\C)c8c7C=CNC=C8)cc6c5c4)c3)=C2)c1. The van der Waals surface area contributed by atoms with E-state index < -0.39 is 0 Å². The van der Waals surface area contributed by atoms with E-state index in [0.717, 1.165) is 57.5 Å². The molecular weight excluding hydrogens is 707 g/mol. The van der Waals surface area contributed by atoms with Crippen LogP contribution in [-0.2, 0) is 0 Å². The van der Waals surface area contributed by atoms with Gasteiger partial charge in [0.15, 0.2) is 0 Å². The van der Waals surface area contributed by atoms with E-state index in [1.54, 1.807) is 0 Å². The Morgan fingerprint density at radius 3 is 2.40 bits per heavy atom. The van der Waals surface area contributed by atoms with Crippen LogP contribution in [0.2, 0.25) is 0 Å². The van der Waals surface area contributed by atoms with Crippen LogP contribution in [0.1, 0.15) is 53.4 Å². The molecule has 4 nitrogen and oxygen atoms in total. The number of fused-ring (bicyclic) bond motifs is 5. The highest BCUT2D eigenvalue weighted by Crippen LogP contribution is 2.39. The van der Waals surface area contributed by atoms with Gasteiger partial charge in [-0.15, -0.1) is 0 Å². The first-order valence-corrected chi connectivity index (χ1v) is 20.3. The Morgan fingerprint density at radius 2 is 1.50 bits per heavy atom. The highest BCUT2D eigenvalue weighted by molar-refractivity contribution is 6.07. The zero-order chi connectivity index (χ0) is 39.2. The molecule has 0 bridgehead atoms. The molecule has 0 spiro atoms. The summed E-state index contributed by atoms with van der Waals surface area (Å²) in [5.74, 6) is 0.280. The molecule has 282 valence electrons. The van der Waals surface area contributed by atoms with E-state index in [2.05, 4.69) is 205 Å². The summed E-state index contributed by atoms with van der Waals surface area (Å²) in [6.45, 7) is 8.74. The lowest BCUT2D eigenvalue weighted by Gasteiger charge is -2.37. The first-order chi connectivity index (χ1) is 28.5. The number of nitrogens with one attached hydrogen (secondary N) is 1. The monoisotopic (exact) mass is 751 g/mol. The van der Waals surface area contributed by atoms with Gasteiger partial charge in [-0.3, -0.25) is 0 Å². The number of hydrogen-bond acceptors (Lipinski definition) is 3. The van der Waals surface area contributed by atoms with Crippen molar-refractivity contribution in [1.29, 1.82) is 0 Å². The average Bonchev–Trinajstić information content (AvgIpc) is 3.62. The third-order valence-corrected chi connectivity index (χ3v) is 11.9. The zero-order valence-corrected chi connectivity index (χ0v) is 32.9. The molecule has 4 heteroatoms. The summed E-state index contributed by atoms with van der Waals surface area (Å²) in [5.41, 5.74) is 17.3. The fourth-order valence-electron chi connectivity index (χ4n) is 9.08. The molecule has 4 aromatic carbocycles. The molecule has 0 radical (unpaired) electrons. The predicted octanol–water partition coefficient (Wildman–Crippen LogP) is 13.7. The maximum atomic E-state index is 6.41. The van der Waals surface area contributed by atoms with Crippen LogP contribution in [-0.4, -0.2) is 10.6 Å². The number of allylic oxidation sites excluding steroid dienone is 10. The highest BCUT2D eigenvalue weighted by atomic mass is 16.3. The normalized spacial score (nSPS) is 19.7. The van der Waals surface area contributed by atoms with Crippen molar-refractivity contribution in [1.82, 2.24) is 9.88 Å². The minimum atomic E-state index is 0.173. The Hall–Kier alpha value is -7.04. The van der Waals surface area contributed by atoms with Gasteiger partial charge in [-0.2, -0.15) is 0 Å². The lowest BCUT2D eigenvalue weighted by Crippen LogP contribution is -2.38. The van der Waals surface area contributed by atoms with E-state index in [0.29, 0.717) is 0 Å². The second-order valence-electron chi connectivity index (χ2n) is 15.4. The van der Waals surface area contributed by atoms with Crippen LogP contribution in [0.5, 0.6) is 0 Å². The molecule has 2 aliphatic carbocycles. The molecular formula is C54H45N3O. The van der Waals surface area contributed by atoms with Crippen LogP contribution in [0, 0.1) is 12.8 Å². The minimum Gasteiger partial charge on any atom is -0.456 e. The second-order valence-corrected chi connectivity index (χ2v) is 15.4. The maximum absolute atomic E-state index is 6.41. The summed E-state index contributed by atoms with van der Waals surface area (Å²) < 4.78 is 8.76. The third kappa shape index (κ3) is 6.28. The fraction of sp³-hybridized carbons (Fsp3) is 0.111. The molecule has 6 aromatic rings. The summed E-state index contributed by atoms with van der Waals surface area (Å²) in [4.78, 5) is 2.37. The van der Waals surface area contributed by atoms with Gasteiger partial charge < -0.3 is 19.2 Å². The Balaban J connectivity index is 0.975. The molecule has 0 saturated heterocycles. The first-order valence-electron chi connectivity index (χ1n) is 20.3. The van der Waals surface area contributed by atoms with Crippen molar-refractivity contribution in [2.45, 2.75) is 32.7 Å². The number of furan rings is 1. The van der Waals surface area contributed by atoms with Crippen LogP contribution in [0.25, 0.3) is 68.1 Å². The van der Waals surface area contributed by atoms with Gasteiger partial charge in [0.05, 0.1) is 11.7 Å². The van der Waals surface area contributed by atoms with Gasteiger partial charge in [0.2, 0.25) is 0 Å². The van der Waals surface area contributed by atoms with Crippen molar-refractivity contribution in [2.75, 3.05) is 4.90 Å². The number of aromatic nitrogens is 1. The van der Waals surface area contributed by atoms with Gasteiger partial charge in [-0.05, 0) is 127 Å². The number of benzene rings is 4. The minimum absolute atomic E-state index is 0.173. The molecule has 1 N–H and O–H groups in total. The van der Waals surface area contributed by atoms with Crippen molar-refractivity contribution in [3.05, 3.63) is 210 Å². The third-order valence-electron chi connectivity index (χ3n) is 11.9. The topological polar surface area (TPSA) is 33.3 Å². The average molecular weight is 752 g/mol. The lowest BCUT2D eigenvalue weighted by atomic mass is 9.88. The van der Waals surface area contributed by atoms with Crippen molar-refractivity contribution in [3.63, 3.8) is 0 Å². The van der Waals surface area contributed by atoms with Crippen LogP contribution in [0.4, 0.5) is 5.69 Å². The molecule has 10 rings (SSSR count). The van der Waals surface area contributed by atoms with E-state index >= 15 is 0 Å². The van der Waals surface area contributed by atoms with Gasteiger partial charge >= 0.3 is 0 Å². The maximum Gasteiger partial charge on any atom is 0.135 e. The molecule has 4 heterocycles. The number of rotatable bonds is 6. The van der Waals surface area contributed by atoms with Crippen LogP contribution in [0.3, 0.4) is 0 Å². The summed E-state index contributed by atoms with van der Waals surface area (Å²) in [6.07, 6.45) is 36.8. The Morgan fingerprint density at radius 1 is 0.741 bits per heavy atom. The van der Waals surface area contributed by atoms with Gasteiger partial charge in [0.25, 0.3) is 0 Å². The molecule has 0 saturated carbocycles. The standard InChI is InChI=1S/C54H45N3O/c1-4-12-47-37(3)57(52-28-30-55-29-27-48(47)52)46-24-26-54-50(35-46)49-34-44(23-25-53(49)58-54)42-19-10-17-40(32-42)39-16-9-18-41(31-39)43-20-11-21-45(33-43)56-36(2)13-5-6-14-38-15-7-8-22-51(38)56/h4-8,10-15,17-35,38,51,55H,2,9,16H2,1,3H3/b12-4-,13-5-,14-6-. The molecule has 2 atom stereocenters. The zero-order valence-electron chi connectivity index (χ0n) is 32.9. The molecule has 58 heavy (non-hydrogen) atoms. The van der Waals surface area contributed by atoms with Gasteiger partial charge in [-0.1, -0.05) is 110 Å². The van der Waals surface area contributed by atoms with Crippen LogP contribution >= 0.6 is 0 Å². The molecule has 4 aliphatic rings. The first kappa shape index (κ1) is 35.4. The highest BCUT2D eigenvalue weighted by Gasteiger charge is 2.26. The van der Waals surface area contributed by atoms with Crippen LogP contribution in [0.15, 0.2) is 181 Å². The van der Waals surface area contributed by atoms with Crippen molar-refractivity contribution in [3.8, 4) is 16.8 Å². The Bertz CT molecular complexity index is 2930. The quantitative estimate of drug-likeness (QED) is 0.184. The van der Waals surface area contributed by atoms with Crippen molar-refractivity contribution < 1.29 is 4.42 Å². The summed E-state index contributed by atoms with van der Waals surface area (Å²) in [7, 11) is 0. The Labute approximate surface area is 340 Å². The summed E-state index contributed by atoms with van der Waals surface area (Å²) in [6, 6.07) is 31.3. The van der Waals surface area contributed by atoms with E-state index in [4.69, 9.17) is 4.42 Å². The van der Waals surface area contributed by atoms with Crippen molar-refractivity contribution in [2.24, 2.45) is 5.92 Å². The largest absolute Gasteiger partial charge is 0.456 e. The molecule has 2 unspecified atom stereocenters. The Kier molecular flexibility index (Phi) is 9.03. The van der Waals surface area contributed by atoms with Gasteiger partial charge in [0, 0.05) is 63.0 Å². The van der Waals surface area contributed by atoms with E-state index in [1.807, 2.05) is 12.4 Å². The van der Waals surface area contributed by atoms with Crippen LogP contribution < -0.4 is 10.2 Å². The predicted molar refractivity (Wildman–Crippen MR) is 246 cm³/mol. The number of hydrogen-bond donors (Lipinski definition) is 1.